The van der Waals surface area contributed by atoms with E-state index in [0.717, 1.165) is 73.8 Å². The van der Waals surface area contributed by atoms with E-state index in [-0.39, 0.29) is 24.4 Å². The molecule has 2 saturated heterocycles. The van der Waals surface area contributed by atoms with Crippen LogP contribution in [-0.4, -0.2) is 90.5 Å². The molecule has 0 spiro atoms. The quantitative estimate of drug-likeness (QED) is 0.301. The Morgan fingerprint density at radius 2 is 1.78 bits per heavy atom. The molecule has 2 unspecified atom stereocenters. The van der Waals surface area contributed by atoms with E-state index < -0.39 is 18.4 Å². The molecular formula is C31H34F3N5O6. The number of benzene rings is 2. The number of rotatable bonds is 11. The van der Waals surface area contributed by atoms with Crippen molar-refractivity contribution in [1.82, 2.24) is 14.9 Å². The Hall–Kier alpha value is -4.14. The standard InChI is InChI=1S/C31H34F3N5O6/c32-31(33,34)45-21-4-1-19(2-5-21)17-43-22-6-8-24-20(15-22)3-7-25-27(24)36-30(35)37-28(25)39-11-9-38(10-12-39)13-14-42-18-23-16-26(44-23)29(40)41/h1-2,4-6,8,15,23,26H,3,7,9-14,16-18H2,(H,40,41)(H2,35,36,37). The average molecular weight is 630 g/mol. The van der Waals surface area contributed by atoms with Crippen LogP contribution in [0.1, 0.15) is 23.1 Å². The van der Waals surface area contributed by atoms with Gasteiger partial charge in [-0.25, -0.2) is 9.78 Å². The van der Waals surface area contributed by atoms with Gasteiger partial charge in [0.05, 0.1) is 25.0 Å². The first kappa shape index (κ1) is 30.9. The number of carboxylic acid groups (broad SMARTS) is 1. The van der Waals surface area contributed by atoms with E-state index >= 15 is 0 Å². The molecule has 3 N–H and O–H groups in total. The zero-order valence-corrected chi connectivity index (χ0v) is 24.5. The topological polar surface area (TPSA) is 132 Å². The largest absolute Gasteiger partial charge is 0.573 e. The smallest absolute Gasteiger partial charge is 0.489 e. The van der Waals surface area contributed by atoms with E-state index in [1.165, 1.54) is 24.3 Å². The Morgan fingerprint density at radius 3 is 2.49 bits per heavy atom. The highest BCUT2D eigenvalue weighted by Gasteiger charge is 2.35. The summed E-state index contributed by atoms with van der Waals surface area (Å²) in [4.78, 5) is 24.7. The molecule has 3 heterocycles. The minimum atomic E-state index is -4.73. The summed E-state index contributed by atoms with van der Waals surface area (Å²) >= 11 is 0. The molecule has 3 aliphatic rings. The number of aryl methyl sites for hydroxylation is 1. The van der Waals surface area contributed by atoms with Crippen molar-refractivity contribution >= 4 is 17.7 Å². The van der Waals surface area contributed by atoms with Crippen LogP contribution in [0.15, 0.2) is 42.5 Å². The van der Waals surface area contributed by atoms with Gasteiger partial charge in [0.25, 0.3) is 0 Å². The number of aliphatic carboxylic acids is 1. The molecule has 2 atom stereocenters. The number of fused-ring (bicyclic) bond motifs is 3. The lowest BCUT2D eigenvalue weighted by Gasteiger charge is -2.37. The number of nitrogens with two attached hydrogens (primary N) is 1. The number of carbonyl (C=O) groups is 1. The molecule has 0 bridgehead atoms. The van der Waals surface area contributed by atoms with E-state index in [0.29, 0.717) is 30.9 Å². The van der Waals surface area contributed by atoms with Crippen LogP contribution in [0.25, 0.3) is 11.3 Å². The van der Waals surface area contributed by atoms with E-state index in [2.05, 4.69) is 24.5 Å². The lowest BCUT2D eigenvalue weighted by molar-refractivity contribution is -0.274. The predicted molar refractivity (Wildman–Crippen MR) is 157 cm³/mol. The number of alkyl halides is 3. The maximum absolute atomic E-state index is 12.4. The fraction of sp³-hybridized carbons (Fsp3) is 0.452. The molecule has 11 nitrogen and oxygen atoms in total. The minimum absolute atomic E-state index is 0.141. The van der Waals surface area contributed by atoms with Crippen LogP contribution in [-0.2, 0) is 33.7 Å². The summed E-state index contributed by atoms with van der Waals surface area (Å²) in [5.74, 6) is 0.535. The van der Waals surface area contributed by atoms with Crippen LogP contribution in [0.2, 0.25) is 0 Å². The third-order valence-electron chi connectivity index (χ3n) is 8.18. The summed E-state index contributed by atoms with van der Waals surface area (Å²) in [6.07, 6.45) is -3.56. The van der Waals surface area contributed by atoms with Crippen molar-refractivity contribution in [2.75, 3.05) is 56.6 Å². The van der Waals surface area contributed by atoms with Crippen LogP contribution >= 0.6 is 0 Å². The maximum atomic E-state index is 12.4. The minimum Gasteiger partial charge on any atom is -0.489 e. The van der Waals surface area contributed by atoms with Crippen LogP contribution < -0.4 is 20.1 Å². The molecule has 0 amide bonds. The van der Waals surface area contributed by atoms with Crippen molar-refractivity contribution in [3.8, 4) is 22.8 Å². The number of ether oxygens (including phenoxy) is 4. The van der Waals surface area contributed by atoms with Crippen molar-refractivity contribution in [2.24, 2.45) is 0 Å². The van der Waals surface area contributed by atoms with E-state index in [1.54, 1.807) is 0 Å². The van der Waals surface area contributed by atoms with Crippen molar-refractivity contribution < 1.29 is 42.0 Å². The Bertz CT molecular complexity index is 1510. The molecule has 45 heavy (non-hydrogen) atoms. The van der Waals surface area contributed by atoms with Crippen molar-refractivity contribution in [3.05, 3.63) is 59.2 Å². The summed E-state index contributed by atoms with van der Waals surface area (Å²) in [5.41, 5.74) is 10.9. The first-order valence-corrected chi connectivity index (χ1v) is 14.8. The van der Waals surface area contributed by atoms with Gasteiger partial charge in [-0.3, -0.25) is 4.90 Å². The van der Waals surface area contributed by atoms with Gasteiger partial charge in [-0.05, 0) is 54.3 Å². The zero-order valence-electron chi connectivity index (χ0n) is 24.5. The molecule has 2 fully saturated rings. The molecule has 0 saturated carbocycles. The number of hydrogen-bond donors (Lipinski definition) is 2. The van der Waals surface area contributed by atoms with Gasteiger partial charge in [0, 0.05) is 50.3 Å². The van der Waals surface area contributed by atoms with Crippen LogP contribution in [0.3, 0.4) is 0 Å². The number of nitrogen functional groups attached to an aromatic ring is 1. The summed E-state index contributed by atoms with van der Waals surface area (Å²) in [6.45, 7) is 5.21. The molecular weight excluding hydrogens is 595 g/mol. The van der Waals surface area contributed by atoms with Gasteiger partial charge < -0.3 is 34.7 Å². The molecule has 14 heteroatoms. The van der Waals surface area contributed by atoms with E-state index in [9.17, 15) is 18.0 Å². The van der Waals surface area contributed by atoms with Crippen molar-refractivity contribution in [1.29, 1.82) is 0 Å². The Morgan fingerprint density at radius 1 is 1.04 bits per heavy atom. The summed E-state index contributed by atoms with van der Waals surface area (Å²) < 4.78 is 58.1. The fourth-order valence-corrected chi connectivity index (χ4v) is 5.83. The average Bonchev–Trinajstić information content (AvgIpc) is 2.98. The number of carboxylic acids is 1. The summed E-state index contributed by atoms with van der Waals surface area (Å²) in [7, 11) is 0. The van der Waals surface area contributed by atoms with Gasteiger partial charge in [0.1, 0.15) is 23.9 Å². The fourth-order valence-electron chi connectivity index (χ4n) is 5.83. The van der Waals surface area contributed by atoms with Gasteiger partial charge in [-0.2, -0.15) is 4.98 Å². The number of piperazine rings is 1. The molecule has 2 aliphatic heterocycles. The zero-order chi connectivity index (χ0) is 31.6. The third kappa shape index (κ3) is 7.57. The predicted octanol–water partition coefficient (Wildman–Crippen LogP) is 3.68. The molecule has 6 rings (SSSR count). The Labute approximate surface area is 257 Å². The lowest BCUT2D eigenvalue weighted by Crippen LogP contribution is -2.48. The normalized spacial score (nSPS) is 19.8. The number of halogens is 3. The van der Waals surface area contributed by atoms with Crippen LogP contribution in [0, 0.1) is 0 Å². The van der Waals surface area contributed by atoms with E-state index in [4.69, 9.17) is 25.1 Å². The Balaban J connectivity index is 1.03. The summed E-state index contributed by atoms with van der Waals surface area (Å²) in [5, 5.41) is 8.89. The van der Waals surface area contributed by atoms with Crippen LogP contribution in [0.5, 0.6) is 11.5 Å². The highest BCUT2D eigenvalue weighted by Crippen LogP contribution is 2.38. The van der Waals surface area contributed by atoms with Crippen molar-refractivity contribution in [3.63, 3.8) is 0 Å². The monoisotopic (exact) mass is 629 g/mol. The molecule has 240 valence electrons. The van der Waals surface area contributed by atoms with Gasteiger partial charge in [0.15, 0.2) is 6.10 Å². The van der Waals surface area contributed by atoms with Crippen LogP contribution in [0.4, 0.5) is 24.9 Å². The molecule has 1 aliphatic carbocycles. The first-order valence-electron chi connectivity index (χ1n) is 14.8. The molecule has 3 aromatic rings. The van der Waals surface area contributed by atoms with E-state index in [1.807, 2.05) is 18.2 Å². The number of anilines is 2. The number of hydrogen-bond acceptors (Lipinski definition) is 10. The first-order chi connectivity index (χ1) is 21.6. The molecule has 2 aromatic carbocycles. The van der Waals surface area contributed by atoms with Gasteiger partial charge in [-0.15, -0.1) is 13.2 Å². The molecule has 0 radical (unpaired) electrons. The SMILES string of the molecule is Nc1nc2c(c(N3CCN(CCOCC4CC(C(=O)O)O4)CC3)n1)CCc1cc(OCc3ccc(OC(F)(F)F)cc3)ccc1-2. The van der Waals surface area contributed by atoms with Gasteiger partial charge >= 0.3 is 12.3 Å². The maximum Gasteiger partial charge on any atom is 0.573 e. The highest BCUT2D eigenvalue weighted by atomic mass is 19.4. The Kier molecular flexibility index (Phi) is 8.97. The van der Waals surface area contributed by atoms with Crippen molar-refractivity contribution in [2.45, 2.75) is 44.4 Å². The third-order valence-corrected chi connectivity index (χ3v) is 8.18. The lowest BCUT2D eigenvalue weighted by atomic mass is 9.88. The number of aromatic nitrogens is 2. The highest BCUT2D eigenvalue weighted by molar-refractivity contribution is 5.76. The summed E-state index contributed by atoms with van der Waals surface area (Å²) in [6, 6.07) is 11.4. The van der Waals surface area contributed by atoms with Gasteiger partial charge in [0.2, 0.25) is 5.95 Å². The second-order valence-corrected chi connectivity index (χ2v) is 11.3. The number of nitrogens with zero attached hydrogens (tertiary/aromatic N) is 4. The van der Waals surface area contributed by atoms with Gasteiger partial charge in [-0.1, -0.05) is 12.1 Å². The molecule has 1 aromatic heterocycles. The second-order valence-electron chi connectivity index (χ2n) is 11.3. The second kappa shape index (κ2) is 13.1.